The second-order valence-electron chi connectivity index (χ2n) is 36.1. The van der Waals surface area contributed by atoms with E-state index in [-0.39, 0.29) is 21.7 Å². The highest BCUT2D eigenvalue weighted by Gasteiger charge is 2.37. The Hall–Kier alpha value is -13.3. The fourth-order valence-corrected chi connectivity index (χ4v) is 20.5. The third-order valence-electron chi connectivity index (χ3n) is 26.4. The Labute approximate surface area is 687 Å². The van der Waals surface area contributed by atoms with Gasteiger partial charge >= 0.3 is 0 Å². The summed E-state index contributed by atoms with van der Waals surface area (Å²) in [5, 5.41) is 23.2. The highest BCUT2D eigenvalue weighted by atomic mass is 14.4. The first-order valence-electron chi connectivity index (χ1n) is 41.8. The SMILES string of the molecule is CC(C)(C)c1ccc2c(-c3ccc4c(-c5ccccc5)c5c6ccccc6c6ccccc6c5c(-c5ccccc5)c4c3)cc(C(C)(C)C)cc2c1.CC1(C)c2cc(-c3ccc4c(c3)C(C)(C)c3ccccc3-4)ccc2Cc2ccc(-c3ccc4c(-c5ccccc5)c5c6ccccc6c6ccccc6c5c(-c5ccccc5)c4c3)cc21. The largest absolute Gasteiger partial charge is 0.0622 e. The molecule has 0 N–H and O–H groups in total. The van der Waals surface area contributed by atoms with E-state index in [1.54, 1.807) is 0 Å². The van der Waals surface area contributed by atoms with E-state index in [0.717, 1.165) is 6.42 Å². The van der Waals surface area contributed by atoms with E-state index >= 15 is 0 Å². The van der Waals surface area contributed by atoms with Crippen molar-refractivity contribution in [3.05, 3.63) is 408 Å². The van der Waals surface area contributed by atoms with Gasteiger partial charge in [0.1, 0.15) is 0 Å². The molecule has 0 heteroatoms. The van der Waals surface area contributed by atoms with Crippen molar-refractivity contribution in [2.75, 3.05) is 0 Å². The minimum atomic E-state index is -0.191. The summed E-state index contributed by atoms with van der Waals surface area (Å²) in [4.78, 5) is 0. The maximum atomic E-state index is 2.51. The second-order valence-corrected chi connectivity index (χ2v) is 36.1. The number of benzene rings is 20. The average molecular weight is 1500 g/mol. The highest BCUT2D eigenvalue weighted by molar-refractivity contribution is 6.39. The van der Waals surface area contributed by atoms with Gasteiger partial charge < -0.3 is 0 Å². The molecule has 0 spiro atoms. The van der Waals surface area contributed by atoms with Crippen LogP contribution in [0.5, 0.6) is 0 Å². The van der Waals surface area contributed by atoms with Crippen LogP contribution in [-0.2, 0) is 28.1 Å². The first-order chi connectivity index (χ1) is 56.8. The van der Waals surface area contributed by atoms with Crippen molar-refractivity contribution in [3.8, 4) is 89.0 Å². The van der Waals surface area contributed by atoms with Crippen molar-refractivity contribution >= 4 is 97.0 Å². The van der Waals surface area contributed by atoms with Crippen LogP contribution in [-0.4, -0.2) is 0 Å². The molecule has 0 bridgehead atoms. The third kappa shape index (κ3) is 11.6. The van der Waals surface area contributed by atoms with Gasteiger partial charge in [-0.15, -0.1) is 0 Å². The van der Waals surface area contributed by atoms with Crippen molar-refractivity contribution < 1.29 is 0 Å². The van der Waals surface area contributed by atoms with Crippen LogP contribution in [0.3, 0.4) is 0 Å². The van der Waals surface area contributed by atoms with Crippen LogP contribution in [0.15, 0.2) is 364 Å². The smallest absolute Gasteiger partial charge is 0.0159 e. The van der Waals surface area contributed by atoms with Gasteiger partial charge in [-0.05, 0) is 284 Å². The fraction of sp³-hybridized carbons (Fsp3) is 0.128. The lowest BCUT2D eigenvalue weighted by Crippen LogP contribution is -2.27. The first kappa shape index (κ1) is 71.5. The molecular formula is C117H92. The fourth-order valence-electron chi connectivity index (χ4n) is 20.5. The van der Waals surface area contributed by atoms with E-state index < -0.39 is 0 Å². The van der Waals surface area contributed by atoms with Gasteiger partial charge in [-0.1, -0.05) is 397 Å². The van der Waals surface area contributed by atoms with Crippen LogP contribution in [0.4, 0.5) is 0 Å². The molecule has 20 aromatic carbocycles. The molecule has 0 saturated heterocycles. The highest BCUT2D eigenvalue weighted by Crippen LogP contribution is 2.56. The van der Waals surface area contributed by atoms with Gasteiger partial charge in [0.05, 0.1) is 0 Å². The molecule has 117 heavy (non-hydrogen) atoms. The van der Waals surface area contributed by atoms with Crippen molar-refractivity contribution in [2.24, 2.45) is 0 Å². The lowest BCUT2D eigenvalue weighted by atomic mass is 9.68. The van der Waals surface area contributed by atoms with Gasteiger partial charge in [-0.25, -0.2) is 0 Å². The summed E-state index contributed by atoms with van der Waals surface area (Å²) in [5.41, 5.74) is 31.5. The Morgan fingerprint density at radius 1 is 0.197 bits per heavy atom. The molecule has 0 atom stereocenters. The average Bonchev–Trinajstić information content (AvgIpc) is 1.50. The molecular weight excluding hydrogens is 1410 g/mol. The molecule has 0 fully saturated rings. The maximum absolute atomic E-state index is 2.51. The zero-order chi connectivity index (χ0) is 79.4. The van der Waals surface area contributed by atoms with Gasteiger partial charge in [0, 0.05) is 10.8 Å². The Balaban J connectivity index is 0.000000150. The van der Waals surface area contributed by atoms with Crippen LogP contribution in [0.25, 0.3) is 186 Å². The van der Waals surface area contributed by atoms with Gasteiger partial charge in [-0.3, -0.25) is 0 Å². The van der Waals surface area contributed by atoms with Gasteiger partial charge in [0.25, 0.3) is 0 Å². The van der Waals surface area contributed by atoms with Crippen molar-refractivity contribution in [1.82, 2.24) is 0 Å². The summed E-state index contributed by atoms with van der Waals surface area (Å²) in [5.74, 6) is 0. The van der Waals surface area contributed by atoms with E-state index in [0.29, 0.717) is 0 Å². The molecule has 0 saturated carbocycles. The van der Waals surface area contributed by atoms with E-state index in [9.17, 15) is 0 Å². The van der Waals surface area contributed by atoms with Gasteiger partial charge in [0.2, 0.25) is 0 Å². The molecule has 560 valence electrons. The third-order valence-corrected chi connectivity index (χ3v) is 26.4. The van der Waals surface area contributed by atoms with E-state index in [1.165, 1.54) is 230 Å². The Morgan fingerprint density at radius 2 is 0.513 bits per heavy atom. The Kier molecular flexibility index (Phi) is 16.6. The maximum Gasteiger partial charge on any atom is 0.0159 e. The molecule has 0 amide bonds. The van der Waals surface area contributed by atoms with Gasteiger partial charge in [0.15, 0.2) is 0 Å². The minimum absolute atomic E-state index is 0.00335. The van der Waals surface area contributed by atoms with E-state index in [1.807, 2.05) is 0 Å². The predicted octanol–water partition coefficient (Wildman–Crippen LogP) is 32.6. The molecule has 0 aromatic heterocycles. The number of rotatable bonds is 7. The molecule has 0 heterocycles. The molecule has 0 unspecified atom stereocenters. The zero-order valence-electron chi connectivity index (χ0n) is 68.3. The molecule has 0 radical (unpaired) electrons. The zero-order valence-corrected chi connectivity index (χ0v) is 68.3. The van der Waals surface area contributed by atoms with E-state index in [2.05, 4.69) is 433 Å². The summed E-state index contributed by atoms with van der Waals surface area (Å²) in [6, 6.07) is 137. The quantitative estimate of drug-likeness (QED) is 0.110. The first-order valence-corrected chi connectivity index (χ1v) is 41.8. The molecule has 2 aliphatic carbocycles. The monoisotopic (exact) mass is 1500 g/mol. The number of fused-ring (bicyclic) bond motifs is 20. The van der Waals surface area contributed by atoms with Gasteiger partial charge in [-0.2, -0.15) is 0 Å². The van der Waals surface area contributed by atoms with Crippen molar-refractivity contribution in [2.45, 2.75) is 97.3 Å². The summed E-state index contributed by atoms with van der Waals surface area (Å²) in [6.07, 6.45) is 0.935. The Bertz CT molecular complexity index is 7480. The molecule has 0 nitrogen and oxygen atoms in total. The summed E-state index contributed by atoms with van der Waals surface area (Å²) in [7, 11) is 0. The van der Waals surface area contributed by atoms with Crippen molar-refractivity contribution in [1.29, 1.82) is 0 Å². The van der Waals surface area contributed by atoms with Crippen molar-refractivity contribution in [3.63, 3.8) is 0 Å². The minimum Gasteiger partial charge on any atom is -0.0622 e. The number of hydrogen-bond donors (Lipinski definition) is 0. The topological polar surface area (TPSA) is 0 Å². The molecule has 22 rings (SSSR count). The lowest BCUT2D eigenvalue weighted by Gasteiger charge is -2.36. The standard InChI is InChI=1S/C65H48.C52H44/c1-64(2)56-26-16-15-23-50(56)51-33-31-45(39-59(51)64)44-28-30-47-35-46-29-27-43(37-57(46)65(3,4)58(47)38-44)42-32-34-54-55(36-42)61(41-19-9-6-10-20-41)63-53-25-14-12-22-49(53)48-21-11-13-24-52(48)62(63)60(54)40-17-7-5-8-18-40;1-51(2,3)37-26-28-39-36(29-37)30-38(52(4,5)6)32-45(39)35-25-27-44-46(31-35)48(34-19-11-8-12-20-34)50-43-24-16-14-22-41(43)40-21-13-15-23-42(40)49(50)47(44)33-17-9-7-10-18-33/h5-34,36-39H,35H2,1-4H3;7-32H,1-6H3. The molecule has 20 aromatic rings. The Morgan fingerprint density at radius 3 is 0.949 bits per heavy atom. The molecule has 0 aliphatic heterocycles. The van der Waals surface area contributed by atoms with Crippen LogP contribution >= 0.6 is 0 Å². The predicted molar refractivity (Wildman–Crippen MR) is 505 cm³/mol. The van der Waals surface area contributed by atoms with Crippen LogP contribution in [0.1, 0.15) is 114 Å². The summed E-state index contributed by atoms with van der Waals surface area (Å²) in [6.45, 7) is 23.5. The summed E-state index contributed by atoms with van der Waals surface area (Å²) >= 11 is 0. The van der Waals surface area contributed by atoms with E-state index in [4.69, 9.17) is 0 Å². The summed E-state index contributed by atoms with van der Waals surface area (Å²) < 4.78 is 0. The number of hydrogen-bond acceptors (Lipinski definition) is 0. The normalized spacial score (nSPS) is 13.5. The second kappa shape index (κ2) is 27.2. The van der Waals surface area contributed by atoms with Crippen LogP contribution in [0, 0.1) is 0 Å². The van der Waals surface area contributed by atoms with Crippen LogP contribution < -0.4 is 0 Å². The lowest BCUT2D eigenvalue weighted by molar-refractivity contribution is 0.589. The molecule has 2 aliphatic rings. The van der Waals surface area contributed by atoms with Crippen LogP contribution in [0.2, 0.25) is 0 Å².